The van der Waals surface area contributed by atoms with Gasteiger partial charge in [-0.1, -0.05) is 0 Å². The standard InChI is InChI=1S/C10H18N2O/c13-7-5-10(3-4-10)8-12-9-2-1-6-11-9/h13H,1-8H2,(H,11,12). The zero-order valence-electron chi connectivity index (χ0n) is 8.05. The SMILES string of the molecule is OCCC1(CNC2=NCCC2)CC1. The number of amidine groups is 1. The van der Waals surface area contributed by atoms with Gasteiger partial charge in [-0.2, -0.15) is 0 Å². The van der Waals surface area contributed by atoms with Crippen molar-refractivity contribution in [3.8, 4) is 0 Å². The molecule has 2 rings (SSSR count). The first-order valence-corrected chi connectivity index (χ1v) is 5.23. The topological polar surface area (TPSA) is 44.6 Å². The molecule has 0 aromatic heterocycles. The van der Waals surface area contributed by atoms with E-state index in [0.29, 0.717) is 12.0 Å². The molecule has 1 aliphatic heterocycles. The van der Waals surface area contributed by atoms with Crippen LogP contribution in [0.15, 0.2) is 4.99 Å². The Bertz CT molecular complexity index is 209. The summed E-state index contributed by atoms with van der Waals surface area (Å²) in [6, 6.07) is 0. The van der Waals surface area contributed by atoms with Gasteiger partial charge in [0.1, 0.15) is 0 Å². The normalized spacial score (nSPS) is 24.2. The molecule has 1 aliphatic carbocycles. The van der Waals surface area contributed by atoms with Crippen molar-refractivity contribution in [2.75, 3.05) is 19.7 Å². The lowest BCUT2D eigenvalue weighted by Crippen LogP contribution is -2.29. The van der Waals surface area contributed by atoms with Crippen molar-refractivity contribution in [2.24, 2.45) is 10.4 Å². The molecule has 2 N–H and O–H groups in total. The summed E-state index contributed by atoms with van der Waals surface area (Å²) in [5.74, 6) is 1.18. The molecular weight excluding hydrogens is 164 g/mol. The first-order chi connectivity index (χ1) is 6.35. The molecule has 0 radical (unpaired) electrons. The Morgan fingerprint density at radius 1 is 1.46 bits per heavy atom. The van der Waals surface area contributed by atoms with E-state index in [9.17, 15) is 0 Å². The monoisotopic (exact) mass is 182 g/mol. The molecule has 2 aliphatic rings. The average Bonchev–Trinajstić information content (AvgIpc) is 2.71. The zero-order valence-corrected chi connectivity index (χ0v) is 8.05. The predicted octanol–water partition coefficient (Wildman–Crippen LogP) is 0.931. The molecular formula is C10H18N2O. The third kappa shape index (κ3) is 2.21. The maximum Gasteiger partial charge on any atom is 0.0963 e. The summed E-state index contributed by atoms with van der Waals surface area (Å²) in [7, 11) is 0. The fourth-order valence-corrected chi connectivity index (χ4v) is 1.90. The van der Waals surface area contributed by atoms with Crippen LogP contribution in [0.4, 0.5) is 0 Å². The summed E-state index contributed by atoms with van der Waals surface area (Å²) < 4.78 is 0. The molecule has 0 unspecified atom stereocenters. The smallest absolute Gasteiger partial charge is 0.0963 e. The highest BCUT2D eigenvalue weighted by Gasteiger charge is 2.41. The molecule has 0 bridgehead atoms. The molecule has 74 valence electrons. The van der Waals surface area contributed by atoms with Crippen LogP contribution in [0.3, 0.4) is 0 Å². The molecule has 0 aromatic carbocycles. The Kier molecular flexibility index (Phi) is 2.54. The Balaban J connectivity index is 1.72. The van der Waals surface area contributed by atoms with Gasteiger partial charge in [0.25, 0.3) is 0 Å². The van der Waals surface area contributed by atoms with Crippen LogP contribution in [0.25, 0.3) is 0 Å². The number of aliphatic imine (C=N–C) groups is 1. The largest absolute Gasteiger partial charge is 0.396 e. The van der Waals surface area contributed by atoms with Gasteiger partial charge in [-0.25, -0.2) is 0 Å². The van der Waals surface area contributed by atoms with E-state index in [2.05, 4.69) is 10.3 Å². The van der Waals surface area contributed by atoms with E-state index in [1.165, 1.54) is 25.1 Å². The fraction of sp³-hybridized carbons (Fsp3) is 0.900. The molecule has 13 heavy (non-hydrogen) atoms. The zero-order chi connectivity index (χ0) is 9.15. The highest BCUT2D eigenvalue weighted by molar-refractivity contribution is 5.83. The van der Waals surface area contributed by atoms with Crippen molar-refractivity contribution in [2.45, 2.75) is 32.1 Å². The van der Waals surface area contributed by atoms with Crippen molar-refractivity contribution in [1.82, 2.24) is 5.32 Å². The minimum absolute atomic E-state index is 0.328. The Hall–Kier alpha value is -0.570. The molecule has 3 nitrogen and oxygen atoms in total. The summed E-state index contributed by atoms with van der Waals surface area (Å²) in [5.41, 5.74) is 0.417. The van der Waals surface area contributed by atoms with Crippen molar-refractivity contribution in [1.29, 1.82) is 0 Å². The summed E-state index contributed by atoms with van der Waals surface area (Å²) in [4.78, 5) is 4.37. The van der Waals surface area contributed by atoms with Gasteiger partial charge in [0, 0.05) is 26.1 Å². The minimum atomic E-state index is 0.328. The van der Waals surface area contributed by atoms with Gasteiger partial charge in [0.15, 0.2) is 0 Å². The number of hydrogen-bond donors (Lipinski definition) is 2. The predicted molar refractivity (Wildman–Crippen MR) is 52.9 cm³/mol. The molecule has 1 fully saturated rings. The maximum atomic E-state index is 8.88. The van der Waals surface area contributed by atoms with Crippen LogP contribution >= 0.6 is 0 Å². The van der Waals surface area contributed by atoms with Crippen LogP contribution in [-0.4, -0.2) is 30.6 Å². The third-order valence-corrected chi connectivity index (χ3v) is 3.14. The van der Waals surface area contributed by atoms with E-state index < -0.39 is 0 Å². The highest BCUT2D eigenvalue weighted by Crippen LogP contribution is 2.47. The molecule has 0 aromatic rings. The van der Waals surface area contributed by atoms with E-state index in [1.807, 2.05) is 0 Å². The van der Waals surface area contributed by atoms with E-state index in [-0.39, 0.29) is 0 Å². The number of aliphatic hydroxyl groups excluding tert-OH is 1. The average molecular weight is 182 g/mol. The molecule has 3 heteroatoms. The number of hydrogen-bond acceptors (Lipinski definition) is 3. The molecule has 0 atom stereocenters. The first kappa shape index (κ1) is 9.00. The van der Waals surface area contributed by atoms with Crippen molar-refractivity contribution >= 4 is 5.84 Å². The van der Waals surface area contributed by atoms with Crippen LogP contribution in [0, 0.1) is 5.41 Å². The Morgan fingerprint density at radius 3 is 2.85 bits per heavy atom. The van der Waals surface area contributed by atoms with Crippen LogP contribution in [0.5, 0.6) is 0 Å². The van der Waals surface area contributed by atoms with E-state index in [4.69, 9.17) is 5.11 Å². The number of rotatable bonds is 4. The van der Waals surface area contributed by atoms with Crippen LogP contribution < -0.4 is 5.32 Å². The fourth-order valence-electron chi connectivity index (χ4n) is 1.90. The van der Waals surface area contributed by atoms with Crippen LogP contribution in [0.1, 0.15) is 32.1 Å². The van der Waals surface area contributed by atoms with Crippen LogP contribution in [-0.2, 0) is 0 Å². The van der Waals surface area contributed by atoms with Gasteiger partial charge in [-0.3, -0.25) is 4.99 Å². The van der Waals surface area contributed by atoms with E-state index in [0.717, 1.165) is 25.9 Å². The summed E-state index contributed by atoms with van der Waals surface area (Å²) in [6.07, 6.45) is 5.82. The molecule has 0 spiro atoms. The molecule has 1 saturated carbocycles. The first-order valence-electron chi connectivity index (χ1n) is 5.23. The maximum absolute atomic E-state index is 8.88. The van der Waals surface area contributed by atoms with Gasteiger partial charge in [-0.15, -0.1) is 0 Å². The lowest BCUT2D eigenvalue weighted by molar-refractivity contribution is 0.248. The number of aliphatic hydroxyl groups is 1. The van der Waals surface area contributed by atoms with E-state index in [1.54, 1.807) is 0 Å². The second-order valence-corrected chi connectivity index (χ2v) is 4.26. The lowest BCUT2D eigenvalue weighted by atomic mass is 10.0. The van der Waals surface area contributed by atoms with Gasteiger partial charge in [0.2, 0.25) is 0 Å². The van der Waals surface area contributed by atoms with Gasteiger partial charge in [-0.05, 0) is 31.1 Å². The van der Waals surface area contributed by atoms with Gasteiger partial charge in [0.05, 0.1) is 5.84 Å². The molecule has 0 saturated heterocycles. The van der Waals surface area contributed by atoms with Crippen molar-refractivity contribution < 1.29 is 5.11 Å². The Labute approximate surface area is 79.3 Å². The van der Waals surface area contributed by atoms with E-state index >= 15 is 0 Å². The summed E-state index contributed by atoms with van der Waals surface area (Å²) in [6.45, 7) is 2.34. The third-order valence-electron chi connectivity index (χ3n) is 3.14. The summed E-state index contributed by atoms with van der Waals surface area (Å²) in [5, 5.41) is 12.3. The lowest BCUT2D eigenvalue weighted by Gasteiger charge is -2.14. The molecule has 1 heterocycles. The molecule has 0 amide bonds. The van der Waals surface area contributed by atoms with Gasteiger partial charge < -0.3 is 10.4 Å². The number of nitrogens with one attached hydrogen (secondary N) is 1. The quantitative estimate of drug-likeness (QED) is 0.679. The van der Waals surface area contributed by atoms with Crippen molar-refractivity contribution in [3.63, 3.8) is 0 Å². The Morgan fingerprint density at radius 2 is 2.31 bits per heavy atom. The minimum Gasteiger partial charge on any atom is -0.396 e. The highest BCUT2D eigenvalue weighted by atomic mass is 16.3. The second kappa shape index (κ2) is 3.66. The number of nitrogens with zero attached hydrogens (tertiary/aromatic N) is 1. The van der Waals surface area contributed by atoms with Crippen molar-refractivity contribution in [3.05, 3.63) is 0 Å². The van der Waals surface area contributed by atoms with Crippen LogP contribution in [0.2, 0.25) is 0 Å². The summed E-state index contributed by atoms with van der Waals surface area (Å²) >= 11 is 0. The second-order valence-electron chi connectivity index (χ2n) is 4.26. The van der Waals surface area contributed by atoms with Gasteiger partial charge >= 0.3 is 0 Å².